The van der Waals surface area contributed by atoms with E-state index in [0.717, 1.165) is 0 Å². The predicted molar refractivity (Wildman–Crippen MR) is 102 cm³/mol. The maximum Gasteiger partial charge on any atom is 0.345 e. The van der Waals surface area contributed by atoms with Crippen LogP contribution in [0.3, 0.4) is 0 Å². The minimum absolute atomic E-state index is 0.00459. The average molecular weight is 403 g/mol. The van der Waals surface area contributed by atoms with Crippen molar-refractivity contribution in [2.24, 2.45) is 0 Å². The topological polar surface area (TPSA) is 104 Å². The molecule has 0 aliphatic rings. The highest BCUT2D eigenvalue weighted by Crippen LogP contribution is 2.42. The van der Waals surface area contributed by atoms with Crippen LogP contribution in [-0.2, 0) is 4.74 Å². The van der Waals surface area contributed by atoms with Crippen LogP contribution in [0.2, 0.25) is 0 Å². The fourth-order valence-electron chi connectivity index (χ4n) is 2.26. The van der Waals surface area contributed by atoms with E-state index in [1.54, 1.807) is 37.3 Å². The Balaban J connectivity index is 1.95. The van der Waals surface area contributed by atoms with Gasteiger partial charge < -0.3 is 4.74 Å². The quantitative estimate of drug-likeness (QED) is 0.266. The third-order valence-electron chi connectivity index (χ3n) is 3.47. The summed E-state index contributed by atoms with van der Waals surface area (Å²) in [4.78, 5) is 40.4. The van der Waals surface area contributed by atoms with Crippen LogP contribution in [0, 0.1) is 10.1 Å². The summed E-state index contributed by atoms with van der Waals surface area (Å²) in [5, 5.41) is 11.1. The summed E-state index contributed by atoms with van der Waals surface area (Å²) < 4.78 is 6.12. The number of esters is 1. The number of ether oxygens (including phenoxy) is 1. The Hall–Kier alpha value is -2.85. The Morgan fingerprint density at radius 2 is 1.93 bits per heavy atom. The van der Waals surface area contributed by atoms with Crippen molar-refractivity contribution in [3.05, 3.63) is 74.8 Å². The third-order valence-corrected chi connectivity index (χ3v) is 5.91. The molecule has 10 heteroatoms. The van der Waals surface area contributed by atoms with E-state index in [1.165, 1.54) is 44.4 Å². The molecule has 138 valence electrons. The average Bonchev–Trinajstić information content (AvgIpc) is 2.67. The first-order chi connectivity index (χ1) is 13.0. The largest absolute Gasteiger partial charge is 0.462 e. The second-order valence-electron chi connectivity index (χ2n) is 5.16. The molecule has 0 spiro atoms. The summed E-state index contributed by atoms with van der Waals surface area (Å²) in [6.45, 7) is 1.81. The second kappa shape index (κ2) is 8.23. The molecule has 2 aromatic heterocycles. The van der Waals surface area contributed by atoms with E-state index in [-0.39, 0.29) is 17.9 Å². The lowest BCUT2D eigenvalue weighted by Crippen LogP contribution is -2.24. The molecule has 0 aliphatic carbocycles. The van der Waals surface area contributed by atoms with Gasteiger partial charge in [-0.05, 0) is 46.7 Å². The number of aromatic nitrogens is 2. The molecule has 1 aromatic carbocycles. The minimum atomic E-state index is -0.725. The Bertz CT molecular complexity index is 1080. The number of benzene rings is 1. The zero-order chi connectivity index (χ0) is 19.4. The molecule has 27 heavy (non-hydrogen) atoms. The van der Waals surface area contributed by atoms with Crippen LogP contribution in [-0.4, -0.2) is 26.9 Å². The smallest absolute Gasteiger partial charge is 0.345 e. The van der Waals surface area contributed by atoms with E-state index < -0.39 is 16.5 Å². The standard InChI is InChI=1S/C17H13N3O5S2/c1-2-25-17(22)11-10-18-15-14(8-5-9-19(15)16(11)21)27-26-13-7-4-3-6-12(13)20(23)24/h3-10H,2H2,1H3. The Labute approximate surface area is 161 Å². The third kappa shape index (κ3) is 3.96. The molecular weight excluding hydrogens is 390 g/mol. The number of carbonyl (C=O) groups is 1. The van der Waals surface area contributed by atoms with Crippen molar-refractivity contribution in [3.8, 4) is 0 Å². The summed E-state index contributed by atoms with van der Waals surface area (Å²) in [6.07, 6.45) is 2.70. The number of pyridine rings is 1. The number of fused-ring (bicyclic) bond motifs is 1. The van der Waals surface area contributed by atoms with Crippen LogP contribution in [0.25, 0.3) is 5.65 Å². The molecule has 0 unspecified atom stereocenters. The van der Waals surface area contributed by atoms with Gasteiger partial charge in [-0.15, -0.1) is 0 Å². The lowest BCUT2D eigenvalue weighted by atomic mass is 10.3. The van der Waals surface area contributed by atoms with Crippen LogP contribution < -0.4 is 5.56 Å². The van der Waals surface area contributed by atoms with Gasteiger partial charge in [0.05, 0.1) is 21.3 Å². The number of hydrogen-bond donors (Lipinski definition) is 0. The molecule has 0 radical (unpaired) electrons. The van der Waals surface area contributed by atoms with E-state index in [9.17, 15) is 19.7 Å². The molecule has 2 heterocycles. The van der Waals surface area contributed by atoms with Crippen LogP contribution in [0.4, 0.5) is 5.69 Å². The Kier molecular flexibility index (Phi) is 5.77. The van der Waals surface area contributed by atoms with Gasteiger partial charge >= 0.3 is 5.97 Å². The van der Waals surface area contributed by atoms with Gasteiger partial charge in [0.1, 0.15) is 5.56 Å². The van der Waals surface area contributed by atoms with E-state index in [4.69, 9.17) is 4.74 Å². The van der Waals surface area contributed by atoms with Crippen LogP contribution in [0.1, 0.15) is 17.3 Å². The molecule has 3 rings (SSSR count). The maximum atomic E-state index is 12.5. The van der Waals surface area contributed by atoms with E-state index in [2.05, 4.69) is 4.98 Å². The van der Waals surface area contributed by atoms with Crippen LogP contribution >= 0.6 is 21.6 Å². The highest BCUT2D eigenvalue weighted by Gasteiger charge is 2.17. The highest BCUT2D eigenvalue weighted by atomic mass is 33.1. The molecule has 0 fully saturated rings. The number of nitro groups is 1. The molecule has 0 aliphatic heterocycles. The van der Waals surface area contributed by atoms with Gasteiger partial charge in [-0.1, -0.05) is 12.1 Å². The summed E-state index contributed by atoms with van der Waals surface area (Å²) in [5.74, 6) is -0.725. The van der Waals surface area contributed by atoms with Gasteiger partial charge in [-0.3, -0.25) is 19.3 Å². The molecule has 0 saturated carbocycles. The molecule has 0 N–H and O–H groups in total. The summed E-state index contributed by atoms with van der Waals surface area (Å²) in [7, 11) is 2.44. The Morgan fingerprint density at radius 1 is 1.22 bits per heavy atom. The fraction of sp³-hybridized carbons (Fsp3) is 0.118. The first-order valence-corrected chi connectivity index (χ1v) is 9.93. The summed E-state index contributed by atoms with van der Waals surface area (Å²) in [6, 6.07) is 9.79. The SMILES string of the molecule is CCOC(=O)c1cnc2c(SSc3ccccc3[N+](=O)[O-])cccn2c1=O. The van der Waals surface area contributed by atoms with Crippen LogP contribution in [0.5, 0.6) is 0 Å². The number of carbonyl (C=O) groups excluding carboxylic acids is 1. The second-order valence-corrected chi connectivity index (χ2v) is 7.37. The molecule has 8 nitrogen and oxygen atoms in total. The number of nitro benzene ring substituents is 1. The van der Waals surface area contributed by atoms with Gasteiger partial charge in [0.2, 0.25) is 0 Å². The summed E-state index contributed by atoms with van der Waals surface area (Å²) in [5.41, 5.74) is -0.323. The maximum absolute atomic E-state index is 12.5. The molecule has 3 aromatic rings. The zero-order valence-corrected chi connectivity index (χ0v) is 15.7. The highest BCUT2D eigenvalue weighted by molar-refractivity contribution is 8.76. The van der Waals surface area contributed by atoms with Crippen molar-refractivity contribution in [1.29, 1.82) is 0 Å². The number of nitrogens with zero attached hydrogens (tertiary/aromatic N) is 3. The number of para-hydroxylation sites is 1. The minimum Gasteiger partial charge on any atom is -0.462 e. The van der Waals surface area contributed by atoms with E-state index in [0.29, 0.717) is 15.4 Å². The van der Waals surface area contributed by atoms with E-state index >= 15 is 0 Å². The van der Waals surface area contributed by atoms with Gasteiger partial charge in [-0.25, -0.2) is 9.78 Å². The van der Waals surface area contributed by atoms with Crippen LogP contribution in [0.15, 0.2) is 63.4 Å². The number of hydrogen-bond acceptors (Lipinski definition) is 8. The lowest BCUT2D eigenvalue weighted by Gasteiger charge is -2.08. The normalized spacial score (nSPS) is 10.7. The van der Waals surface area contributed by atoms with Crippen molar-refractivity contribution in [1.82, 2.24) is 9.38 Å². The van der Waals surface area contributed by atoms with Crippen molar-refractivity contribution < 1.29 is 14.5 Å². The predicted octanol–water partition coefficient (Wildman–Crippen LogP) is 3.58. The number of rotatable bonds is 6. The molecule has 0 atom stereocenters. The van der Waals surface area contributed by atoms with Gasteiger partial charge in [-0.2, -0.15) is 0 Å². The fourth-order valence-corrected chi connectivity index (χ4v) is 4.52. The Morgan fingerprint density at radius 3 is 2.67 bits per heavy atom. The van der Waals surface area contributed by atoms with Crippen molar-refractivity contribution >= 4 is 38.9 Å². The zero-order valence-electron chi connectivity index (χ0n) is 14.0. The van der Waals surface area contributed by atoms with Gasteiger partial charge in [0.25, 0.3) is 11.2 Å². The first-order valence-electron chi connectivity index (χ1n) is 7.78. The molecule has 0 amide bonds. The molecule has 0 bridgehead atoms. The van der Waals surface area contributed by atoms with Crippen molar-refractivity contribution in [3.63, 3.8) is 0 Å². The monoisotopic (exact) mass is 403 g/mol. The molecule has 0 saturated heterocycles. The molecular formula is C17H13N3O5S2. The van der Waals surface area contributed by atoms with Crippen molar-refractivity contribution in [2.75, 3.05) is 6.61 Å². The first kappa shape index (κ1) is 18.9. The van der Waals surface area contributed by atoms with Gasteiger partial charge in [0.15, 0.2) is 5.65 Å². The van der Waals surface area contributed by atoms with Crippen molar-refractivity contribution in [2.45, 2.75) is 16.7 Å². The van der Waals surface area contributed by atoms with E-state index in [1.807, 2.05) is 0 Å². The summed E-state index contributed by atoms with van der Waals surface area (Å²) >= 11 is 0. The van der Waals surface area contributed by atoms with Gasteiger partial charge in [0, 0.05) is 18.5 Å². The lowest BCUT2D eigenvalue weighted by molar-refractivity contribution is -0.387.